The van der Waals surface area contributed by atoms with Crippen molar-refractivity contribution in [1.82, 2.24) is 19.0 Å². The van der Waals surface area contributed by atoms with Crippen molar-refractivity contribution in [3.63, 3.8) is 0 Å². The molecule has 250 valence electrons. The molecule has 1 atom stereocenters. The average molecular weight is 682 g/mol. The third kappa shape index (κ3) is 4.33. The van der Waals surface area contributed by atoms with Crippen molar-refractivity contribution >= 4 is 66.2 Å². The highest BCUT2D eigenvalue weighted by atomic mass is 16.1. The second kappa shape index (κ2) is 11.4. The molecule has 1 aliphatic heterocycles. The van der Waals surface area contributed by atoms with E-state index in [4.69, 9.17) is 4.99 Å². The van der Waals surface area contributed by atoms with Crippen LogP contribution in [0.4, 0.5) is 0 Å². The number of pyridine rings is 1. The topological polar surface area (TPSA) is 56.2 Å². The Balaban J connectivity index is 1.32. The van der Waals surface area contributed by atoms with E-state index >= 15 is 4.79 Å². The van der Waals surface area contributed by atoms with Crippen LogP contribution in [0.25, 0.3) is 71.6 Å². The number of aliphatic imine (C=N–C) groups is 1. The van der Waals surface area contributed by atoms with Gasteiger partial charge in [0.05, 0.1) is 44.7 Å². The van der Waals surface area contributed by atoms with E-state index in [1.54, 1.807) is 0 Å². The summed E-state index contributed by atoms with van der Waals surface area (Å²) in [7, 11) is 0. The molecule has 2 aliphatic rings. The maximum Gasteiger partial charge on any atom is 0.265 e. The van der Waals surface area contributed by atoms with Crippen molar-refractivity contribution in [3.8, 4) is 11.4 Å². The molecule has 11 rings (SSSR count). The highest BCUT2D eigenvalue weighted by Gasteiger charge is 2.28. The van der Waals surface area contributed by atoms with Crippen LogP contribution < -0.4 is 10.9 Å². The molecule has 0 saturated heterocycles. The van der Waals surface area contributed by atoms with E-state index < -0.39 is 0 Å². The summed E-state index contributed by atoms with van der Waals surface area (Å²) in [5.41, 5.74) is 9.67. The van der Waals surface area contributed by atoms with E-state index in [1.165, 1.54) is 0 Å². The maximum absolute atomic E-state index is 15.1. The predicted octanol–water partition coefficient (Wildman–Crippen LogP) is 9.91. The zero-order valence-electron chi connectivity index (χ0n) is 28.5. The molecule has 1 N–H and O–H groups in total. The smallest absolute Gasteiger partial charge is 0.265 e. The molecule has 3 aromatic heterocycles. The highest BCUT2D eigenvalue weighted by Crippen LogP contribution is 2.40. The Hall–Kier alpha value is -7.18. The number of rotatable bonds is 3. The van der Waals surface area contributed by atoms with Crippen LogP contribution in [0.1, 0.15) is 5.56 Å². The summed E-state index contributed by atoms with van der Waals surface area (Å²) in [6.45, 7) is 0. The van der Waals surface area contributed by atoms with E-state index in [0.717, 1.165) is 83.3 Å². The number of hydrogen-bond acceptors (Lipinski definition) is 3. The number of nitrogens with zero attached hydrogens (tertiary/aromatic N) is 4. The van der Waals surface area contributed by atoms with Crippen molar-refractivity contribution in [3.05, 3.63) is 197 Å². The fourth-order valence-corrected chi connectivity index (χ4v) is 8.40. The zero-order chi connectivity index (χ0) is 35.0. The fourth-order valence-electron chi connectivity index (χ4n) is 8.40. The van der Waals surface area contributed by atoms with Gasteiger partial charge in [-0.1, -0.05) is 127 Å². The van der Waals surface area contributed by atoms with Crippen molar-refractivity contribution in [1.29, 1.82) is 0 Å². The number of aromatic nitrogens is 3. The minimum absolute atomic E-state index is 0.0463. The van der Waals surface area contributed by atoms with Crippen molar-refractivity contribution < 1.29 is 0 Å². The normalized spacial score (nSPS) is 15.5. The van der Waals surface area contributed by atoms with Crippen LogP contribution in [-0.2, 0) is 0 Å². The molecular weight excluding hydrogens is 651 g/mol. The first-order chi connectivity index (χ1) is 26.2. The lowest BCUT2D eigenvalue weighted by Crippen LogP contribution is -2.42. The van der Waals surface area contributed by atoms with Crippen LogP contribution in [0.3, 0.4) is 0 Å². The molecule has 6 nitrogen and oxygen atoms in total. The summed E-state index contributed by atoms with van der Waals surface area (Å²) >= 11 is 0. The number of nitrogens with one attached hydrogen (secondary N) is 1. The summed E-state index contributed by atoms with van der Waals surface area (Å²) in [5, 5.41) is 8.49. The molecule has 0 bridgehead atoms. The van der Waals surface area contributed by atoms with Crippen LogP contribution >= 0.6 is 0 Å². The van der Waals surface area contributed by atoms with Gasteiger partial charge < -0.3 is 9.88 Å². The Labute approximate surface area is 304 Å². The molecule has 6 aromatic carbocycles. The Bertz CT molecular complexity index is 3140. The molecule has 53 heavy (non-hydrogen) atoms. The Morgan fingerprint density at radius 2 is 1.11 bits per heavy atom. The molecule has 1 aliphatic carbocycles. The monoisotopic (exact) mass is 681 g/mol. The Morgan fingerprint density at radius 3 is 1.85 bits per heavy atom. The second-order valence-electron chi connectivity index (χ2n) is 13.6. The Morgan fingerprint density at radius 1 is 0.528 bits per heavy atom. The van der Waals surface area contributed by atoms with Gasteiger partial charge in [0.15, 0.2) is 0 Å². The molecule has 0 fully saturated rings. The van der Waals surface area contributed by atoms with E-state index in [1.807, 2.05) is 71.3 Å². The number of allylic oxidation sites excluding steroid dienone is 2. The maximum atomic E-state index is 15.1. The van der Waals surface area contributed by atoms with E-state index in [0.29, 0.717) is 5.39 Å². The molecule has 0 spiro atoms. The minimum Gasteiger partial charge on any atom is -0.345 e. The summed E-state index contributed by atoms with van der Waals surface area (Å²) in [6.07, 6.45) is 8.51. The van der Waals surface area contributed by atoms with Gasteiger partial charge in [-0.15, -0.1) is 0 Å². The van der Waals surface area contributed by atoms with Gasteiger partial charge in [0.25, 0.3) is 5.56 Å². The third-order valence-electron chi connectivity index (χ3n) is 10.7. The minimum atomic E-state index is -0.0479. The lowest BCUT2D eigenvalue weighted by molar-refractivity contribution is 0.805. The first-order valence-electron chi connectivity index (χ1n) is 17.9. The van der Waals surface area contributed by atoms with Crippen molar-refractivity contribution in [2.24, 2.45) is 4.99 Å². The van der Waals surface area contributed by atoms with Gasteiger partial charge >= 0.3 is 0 Å². The molecule has 1 unspecified atom stereocenters. The summed E-state index contributed by atoms with van der Waals surface area (Å²) < 4.78 is 6.40. The molecule has 0 saturated carbocycles. The first kappa shape index (κ1) is 29.5. The SMILES string of the molecule is O=c1c2c3ccccc3n(-c3ccccc3)c2c2cc3c(cc2n1-c1ccccc1)c1ccccc1n3C1=NC(c2ccccc2)=C2C=CC=CC2N1. The van der Waals surface area contributed by atoms with Gasteiger partial charge in [0.2, 0.25) is 5.96 Å². The number of benzene rings is 6. The van der Waals surface area contributed by atoms with Gasteiger partial charge in [0, 0.05) is 44.1 Å². The summed E-state index contributed by atoms with van der Waals surface area (Å²) in [4.78, 5) is 20.5. The molecule has 9 aromatic rings. The molecule has 0 amide bonds. The highest BCUT2D eigenvalue weighted by molar-refractivity contribution is 6.23. The van der Waals surface area contributed by atoms with Gasteiger partial charge in [0.1, 0.15) is 0 Å². The number of fused-ring (bicyclic) bond motifs is 9. The van der Waals surface area contributed by atoms with Crippen molar-refractivity contribution in [2.75, 3.05) is 0 Å². The van der Waals surface area contributed by atoms with Crippen LogP contribution in [0.2, 0.25) is 0 Å². The molecule has 4 heterocycles. The van der Waals surface area contributed by atoms with Crippen LogP contribution in [0, 0.1) is 0 Å². The van der Waals surface area contributed by atoms with Gasteiger partial charge in [-0.25, -0.2) is 4.99 Å². The number of hydrogen-bond donors (Lipinski definition) is 1. The quantitative estimate of drug-likeness (QED) is 0.202. The largest absolute Gasteiger partial charge is 0.345 e. The van der Waals surface area contributed by atoms with E-state index in [9.17, 15) is 0 Å². The predicted molar refractivity (Wildman–Crippen MR) is 218 cm³/mol. The average Bonchev–Trinajstić information content (AvgIpc) is 3.74. The van der Waals surface area contributed by atoms with Gasteiger partial charge in [-0.3, -0.25) is 13.9 Å². The fraction of sp³-hybridized carbons (Fsp3) is 0.0213. The standard InChI is InChI=1S/C47H31N5O/c53-46-43-35-24-12-15-27-40(35)50(31-18-6-2-7-19-31)45(43)37-29-41-36(28-42(37)51(46)32-20-8-3-9-21-32)33-22-11-14-26-39(33)52(41)47-48-38-25-13-10-23-34(38)44(49-47)30-16-4-1-5-17-30/h1-29,38H,(H,48,49). The van der Waals surface area contributed by atoms with Gasteiger partial charge in [-0.2, -0.15) is 0 Å². The van der Waals surface area contributed by atoms with Crippen molar-refractivity contribution in [2.45, 2.75) is 6.04 Å². The summed E-state index contributed by atoms with van der Waals surface area (Å²) in [6, 6.07) is 51.9. The molecular formula is C47H31N5O. The summed E-state index contributed by atoms with van der Waals surface area (Å²) in [5.74, 6) is 0.749. The van der Waals surface area contributed by atoms with Crippen LogP contribution in [0.15, 0.2) is 191 Å². The zero-order valence-corrected chi connectivity index (χ0v) is 28.5. The Kier molecular flexibility index (Phi) is 6.36. The lowest BCUT2D eigenvalue weighted by Gasteiger charge is -2.28. The van der Waals surface area contributed by atoms with Gasteiger partial charge in [-0.05, 0) is 48.5 Å². The van der Waals surface area contributed by atoms with Crippen LogP contribution in [0.5, 0.6) is 0 Å². The molecule has 6 heteroatoms. The number of para-hydroxylation sites is 4. The third-order valence-corrected chi connectivity index (χ3v) is 10.7. The van der Waals surface area contributed by atoms with E-state index in [-0.39, 0.29) is 11.6 Å². The van der Waals surface area contributed by atoms with E-state index in [2.05, 4.69) is 124 Å². The van der Waals surface area contributed by atoms with Crippen LogP contribution in [-0.4, -0.2) is 25.7 Å². The second-order valence-corrected chi connectivity index (χ2v) is 13.6. The lowest BCUT2D eigenvalue weighted by atomic mass is 9.95. The molecule has 0 radical (unpaired) electrons. The first-order valence-corrected chi connectivity index (χ1v) is 17.9.